The van der Waals surface area contributed by atoms with Gasteiger partial charge in [0, 0.05) is 11.5 Å². The normalized spacial score (nSPS) is 21.2. The quantitative estimate of drug-likeness (QED) is 0.406. The van der Waals surface area contributed by atoms with Gasteiger partial charge in [-0.25, -0.2) is 0 Å². The molecular formula is C31H42O4. The zero-order valence-electron chi connectivity index (χ0n) is 22.6. The first-order valence-electron chi connectivity index (χ1n) is 12.9. The predicted molar refractivity (Wildman–Crippen MR) is 142 cm³/mol. The highest BCUT2D eigenvalue weighted by Gasteiger charge is 2.47. The van der Waals surface area contributed by atoms with E-state index in [1.54, 1.807) is 0 Å². The summed E-state index contributed by atoms with van der Waals surface area (Å²) in [6.45, 7) is 16.6. The molecule has 4 unspecified atom stereocenters. The summed E-state index contributed by atoms with van der Waals surface area (Å²) in [5, 5.41) is 11.6. The molecule has 0 aliphatic heterocycles. The van der Waals surface area contributed by atoms with Crippen LogP contribution < -0.4 is 4.74 Å². The molecular weight excluding hydrogens is 436 g/mol. The standard InChI is InChI=1S/C31H42O4/c1-9-19(3)26-24(10-2)28(32)27(29(26)35-30(33)31(6,7)8)25-20(4)16-23(17-21(25)5)34-18-22-14-12-11-13-15-22/h11-17,19,24,26,28,32H,9-10,18H2,1-8H3. The second-order valence-corrected chi connectivity index (χ2v) is 11.1. The lowest BCUT2D eigenvalue weighted by Crippen LogP contribution is -2.28. The summed E-state index contributed by atoms with van der Waals surface area (Å²) in [5.74, 6) is 1.47. The number of hydrogen-bond donors (Lipinski definition) is 1. The SMILES string of the molecule is CCC(C)C1C(OC(=O)C(C)(C)C)=C(c2c(C)cc(OCc3ccccc3)cc2C)C(O)C1CC. The monoisotopic (exact) mass is 478 g/mol. The summed E-state index contributed by atoms with van der Waals surface area (Å²) in [6, 6.07) is 14.1. The van der Waals surface area contributed by atoms with Gasteiger partial charge in [-0.05, 0) is 87.3 Å². The van der Waals surface area contributed by atoms with Crippen LogP contribution in [0, 0.1) is 37.0 Å². The highest BCUT2D eigenvalue weighted by Crippen LogP contribution is 2.50. The molecule has 2 aromatic carbocycles. The number of allylic oxidation sites excluding steroid dienone is 1. The molecule has 0 amide bonds. The molecule has 190 valence electrons. The molecule has 0 heterocycles. The van der Waals surface area contributed by atoms with Crippen molar-refractivity contribution in [1.29, 1.82) is 0 Å². The first-order chi connectivity index (χ1) is 16.5. The van der Waals surface area contributed by atoms with Crippen molar-refractivity contribution in [3.8, 4) is 5.75 Å². The molecule has 0 spiro atoms. The van der Waals surface area contributed by atoms with E-state index < -0.39 is 11.5 Å². The van der Waals surface area contributed by atoms with Gasteiger partial charge >= 0.3 is 5.97 Å². The molecule has 4 heteroatoms. The molecule has 0 radical (unpaired) electrons. The summed E-state index contributed by atoms with van der Waals surface area (Å²) in [6.07, 6.45) is 1.07. The topological polar surface area (TPSA) is 55.8 Å². The Labute approximate surface area is 211 Å². The highest BCUT2D eigenvalue weighted by molar-refractivity contribution is 5.83. The molecule has 4 atom stereocenters. The summed E-state index contributed by atoms with van der Waals surface area (Å²) >= 11 is 0. The predicted octanol–water partition coefficient (Wildman–Crippen LogP) is 7.25. The third kappa shape index (κ3) is 5.81. The number of hydrogen-bond acceptors (Lipinski definition) is 4. The lowest BCUT2D eigenvalue weighted by Gasteiger charge is -2.28. The molecule has 0 aromatic heterocycles. The molecule has 0 fully saturated rings. The second-order valence-electron chi connectivity index (χ2n) is 11.1. The van der Waals surface area contributed by atoms with Crippen LogP contribution in [0.2, 0.25) is 0 Å². The van der Waals surface area contributed by atoms with E-state index in [0.717, 1.165) is 46.4 Å². The van der Waals surface area contributed by atoms with Crippen LogP contribution in [-0.4, -0.2) is 17.2 Å². The number of esters is 1. The van der Waals surface area contributed by atoms with Crippen LogP contribution in [0.1, 0.15) is 76.6 Å². The van der Waals surface area contributed by atoms with Crippen molar-refractivity contribution in [2.24, 2.45) is 23.2 Å². The number of benzene rings is 2. The number of carbonyl (C=O) groups is 1. The average molecular weight is 479 g/mol. The lowest BCUT2D eigenvalue weighted by atomic mass is 9.80. The van der Waals surface area contributed by atoms with E-state index in [4.69, 9.17) is 9.47 Å². The van der Waals surface area contributed by atoms with E-state index in [2.05, 4.69) is 20.8 Å². The van der Waals surface area contributed by atoms with Crippen molar-refractivity contribution in [1.82, 2.24) is 0 Å². The van der Waals surface area contributed by atoms with Crippen LogP contribution in [0.4, 0.5) is 0 Å². The number of aliphatic hydroxyl groups excluding tert-OH is 1. The Morgan fingerprint density at radius 3 is 2.17 bits per heavy atom. The van der Waals surface area contributed by atoms with Crippen LogP contribution >= 0.6 is 0 Å². The van der Waals surface area contributed by atoms with E-state index in [-0.39, 0.29) is 23.7 Å². The van der Waals surface area contributed by atoms with E-state index in [1.807, 2.05) is 77.1 Å². The maximum absolute atomic E-state index is 13.0. The second kappa shape index (κ2) is 11.0. The zero-order chi connectivity index (χ0) is 25.9. The molecule has 1 N–H and O–H groups in total. The fourth-order valence-corrected chi connectivity index (χ4v) is 5.16. The Bertz CT molecular complexity index is 1040. The Balaban J connectivity index is 2.07. The van der Waals surface area contributed by atoms with Crippen LogP contribution in [0.3, 0.4) is 0 Å². The summed E-state index contributed by atoms with van der Waals surface area (Å²) in [7, 11) is 0. The van der Waals surface area contributed by atoms with Gasteiger partial charge in [0.25, 0.3) is 0 Å². The molecule has 1 aliphatic carbocycles. The summed E-state index contributed by atoms with van der Waals surface area (Å²) in [4.78, 5) is 13.0. The Morgan fingerprint density at radius 2 is 1.66 bits per heavy atom. The highest BCUT2D eigenvalue weighted by atomic mass is 16.5. The van der Waals surface area contributed by atoms with E-state index >= 15 is 0 Å². The van der Waals surface area contributed by atoms with Crippen LogP contribution in [0.5, 0.6) is 5.75 Å². The minimum Gasteiger partial charge on any atom is -0.489 e. The van der Waals surface area contributed by atoms with Gasteiger partial charge in [-0.3, -0.25) is 4.79 Å². The van der Waals surface area contributed by atoms with Gasteiger partial charge in [-0.1, -0.05) is 57.5 Å². The van der Waals surface area contributed by atoms with Crippen molar-refractivity contribution in [2.75, 3.05) is 0 Å². The van der Waals surface area contributed by atoms with Gasteiger partial charge in [-0.2, -0.15) is 0 Å². The van der Waals surface area contributed by atoms with Gasteiger partial charge in [-0.15, -0.1) is 0 Å². The van der Waals surface area contributed by atoms with E-state index in [0.29, 0.717) is 12.4 Å². The van der Waals surface area contributed by atoms with Crippen molar-refractivity contribution in [3.05, 3.63) is 70.5 Å². The maximum Gasteiger partial charge on any atom is 0.316 e. The third-order valence-electron chi connectivity index (χ3n) is 7.30. The number of aliphatic hydroxyl groups is 1. The number of rotatable bonds is 8. The first kappa shape index (κ1) is 27.0. The fraction of sp³-hybridized carbons (Fsp3) is 0.516. The van der Waals surface area contributed by atoms with Crippen molar-refractivity contribution in [2.45, 2.75) is 80.9 Å². The molecule has 0 bridgehead atoms. The molecule has 2 aromatic rings. The number of aryl methyl sites for hydroxylation is 2. The van der Waals surface area contributed by atoms with E-state index in [1.165, 1.54) is 0 Å². The van der Waals surface area contributed by atoms with Gasteiger partial charge in [0.1, 0.15) is 18.1 Å². The third-order valence-corrected chi connectivity index (χ3v) is 7.30. The van der Waals surface area contributed by atoms with Gasteiger partial charge in [0.2, 0.25) is 0 Å². The lowest BCUT2D eigenvalue weighted by molar-refractivity contribution is -0.149. The molecule has 35 heavy (non-hydrogen) atoms. The number of carbonyl (C=O) groups excluding carboxylic acids is 1. The van der Waals surface area contributed by atoms with Gasteiger partial charge in [0.15, 0.2) is 0 Å². The Morgan fingerprint density at radius 1 is 1.06 bits per heavy atom. The molecule has 1 aliphatic rings. The summed E-state index contributed by atoms with van der Waals surface area (Å²) in [5.41, 5.74) is 4.22. The molecule has 4 nitrogen and oxygen atoms in total. The molecule has 0 saturated carbocycles. The molecule has 0 saturated heterocycles. The van der Waals surface area contributed by atoms with Crippen LogP contribution in [-0.2, 0) is 16.1 Å². The van der Waals surface area contributed by atoms with Crippen molar-refractivity contribution in [3.63, 3.8) is 0 Å². The van der Waals surface area contributed by atoms with Gasteiger partial charge in [0.05, 0.1) is 11.5 Å². The van der Waals surface area contributed by atoms with Crippen molar-refractivity contribution < 1.29 is 19.4 Å². The Hall–Kier alpha value is -2.59. The number of ether oxygens (including phenoxy) is 2. The van der Waals surface area contributed by atoms with E-state index in [9.17, 15) is 9.90 Å². The zero-order valence-corrected chi connectivity index (χ0v) is 22.6. The van der Waals surface area contributed by atoms with Crippen LogP contribution in [0.25, 0.3) is 5.57 Å². The largest absolute Gasteiger partial charge is 0.489 e. The van der Waals surface area contributed by atoms with Crippen LogP contribution in [0.15, 0.2) is 48.2 Å². The Kier molecular flexibility index (Phi) is 8.48. The molecule has 3 rings (SSSR count). The smallest absolute Gasteiger partial charge is 0.316 e. The average Bonchev–Trinajstić information content (AvgIpc) is 3.07. The summed E-state index contributed by atoms with van der Waals surface area (Å²) < 4.78 is 12.3. The minimum atomic E-state index is -0.685. The van der Waals surface area contributed by atoms with Crippen molar-refractivity contribution >= 4 is 11.5 Å². The van der Waals surface area contributed by atoms with Gasteiger partial charge < -0.3 is 14.6 Å². The maximum atomic E-state index is 13.0. The first-order valence-corrected chi connectivity index (χ1v) is 12.9. The fourth-order valence-electron chi connectivity index (χ4n) is 5.16. The minimum absolute atomic E-state index is 0.00546.